The number of ether oxygens (including phenoxy) is 1. The fourth-order valence-corrected chi connectivity index (χ4v) is 6.21. The molecule has 1 aromatic rings. The van der Waals surface area contributed by atoms with E-state index in [1.54, 1.807) is 41.0 Å². The van der Waals surface area contributed by atoms with E-state index >= 15 is 0 Å². The second kappa shape index (κ2) is 13.9. The van der Waals surface area contributed by atoms with Crippen LogP contribution in [0.5, 0.6) is 0 Å². The SMILES string of the molecule is CC(C)[C@H]1NC(=O)[C@@H]2CSSCC/C=C/[C@H](CC(=O)N[C@H](Cc3cn(C)cn3)C(=O)N2)OC(=O)C[C@@H]1O. The average Bonchev–Trinajstić information content (AvgIpc) is 3.22. The van der Waals surface area contributed by atoms with Crippen molar-refractivity contribution in [2.75, 3.05) is 11.5 Å². The van der Waals surface area contributed by atoms with Gasteiger partial charge in [0.25, 0.3) is 0 Å². The zero-order valence-electron chi connectivity index (χ0n) is 21.2. The zero-order chi connectivity index (χ0) is 26.9. The molecule has 0 aromatic carbocycles. The van der Waals surface area contributed by atoms with Gasteiger partial charge in [0.05, 0.1) is 37.0 Å². The number of aromatic nitrogens is 2. The quantitative estimate of drug-likeness (QED) is 0.238. The minimum atomic E-state index is -1.21. The fraction of sp³-hybridized carbons (Fsp3) is 0.625. The number of hydrogen-bond donors (Lipinski definition) is 4. The molecule has 0 aliphatic carbocycles. The number of esters is 1. The number of aryl methyl sites for hydroxylation is 1. The number of hydrogen-bond acceptors (Lipinski definition) is 9. The Morgan fingerprint density at radius 1 is 1.14 bits per heavy atom. The van der Waals surface area contributed by atoms with Gasteiger partial charge in [-0.2, -0.15) is 0 Å². The van der Waals surface area contributed by atoms with Gasteiger partial charge in [-0.15, -0.1) is 0 Å². The van der Waals surface area contributed by atoms with Crippen molar-refractivity contribution in [3.8, 4) is 0 Å². The van der Waals surface area contributed by atoms with Gasteiger partial charge in [-0.05, 0) is 18.4 Å². The summed E-state index contributed by atoms with van der Waals surface area (Å²) in [4.78, 5) is 56.6. The van der Waals surface area contributed by atoms with E-state index in [1.807, 2.05) is 19.9 Å². The molecular formula is C24H35N5O6S2. The molecular weight excluding hydrogens is 518 g/mol. The number of carbonyl (C=O) groups is 4. The van der Waals surface area contributed by atoms with Gasteiger partial charge in [-0.1, -0.05) is 41.5 Å². The second-order valence-corrected chi connectivity index (χ2v) is 12.1. The first kappa shape index (κ1) is 29.1. The third-order valence-corrected chi connectivity index (χ3v) is 8.43. The molecule has 2 aliphatic heterocycles. The molecule has 0 spiro atoms. The summed E-state index contributed by atoms with van der Waals surface area (Å²) in [6.45, 7) is 3.64. The van der Waals surface area contributed by atoms with Crippen LogP contribution in [0.2, 0.25) is 0 Å². The Labute approximate surface area is 224 Å². The van der Waals surface area contributed by atoms with Crippen LogP contribution in [-0.4, -0.2) is 80.2 Å². The summed E-state index contributed by atoms with van der Waals surface area (Å²) < 4.78 is 7.27. The highest BCUT2D eigenvalue weighted by molar-refractivity contribution is 8.76. The van der Waals surface area contributed by atoms with Crippen LogP contribution in [-0.2, 0) is 37.4 Å². The Kier molecular flexibility index (Phi) is 10.9. The van der Waals surface area contributed by atoms with Crippen LogP contribution in [0.1, 0.15) is 38.8 Å². The lowest BCUT2D eigenvalue weighted by Crippen LogP contribution is -2.58. The fourth-order valence-electron chi connectivity index (χ4n) is 4.06. The molecule has 3 heterocycles. The number of imidazole rings is 1. The first-order valence-electron chi connectivity index (χ1n) is 12.3. The summed E-state index contributed by atoms with van der Waals surface area (Å²) >= 11 is 0. The molecule has 11 nitrogen and oxygen atoms in total. The average molecular weight is 554 g/mol. The summed E-state index contributed by atoms with van der Waals surface area (Å²) in [5, 5.41) is 19.1. The van der Waals surface area contributed by atoms with Gasteiger partial charge >= 0.3 is 5.97 Å². The highest BCUT2D eigenvalue weighted by Crippen LogP contribution is 2.24. The molecule has 2 aliphatic rings. The summed E-state index contributed by atoms with van der Waals surface area (Å²) in [5.41, 5.74) is 0.593. The number of rotatable bonds is 3. The monoisotopic (exact) mass is 553 g/mol. The molecule has 0 saturated carbocycles. The van der Waals surface area contributed by atoms with Gasteiger partial charge in [0.2, 0.25) is 17.7 Å². The van der Waals surface area contributed by atoms with Crippen LogP contribution in [0.25, 0.3) is 0 Å². The molecule has 0 radical (unpaired) electrons. The molecule has 0 unspecified atom stereocenters. The predicted octanol–water partition coefficient (Wildman–Crippen LogP) is 0.481. The third-order valence-electron chi connectivity index (χ3n) is 5.98. The first-order valence-corrected chi connectivity index (χ1v) is 14.8. The van der Waals surface area contributed by atoms with E-state index in [-0.39, 0.29) is 30.9 Å². The zero-order valence-corrected chi connectivity index (χ0v) is 22.8. The van der Waals surface area contributed by atoms with Crippen molar-refractivity contribution in [3.05, 3.63) is 30.4 Å². The minimum absolute atomic E-state index is 0.113. The molecule has 1 aromatic heterocycles. The van der Waals surface area contributed by atoms with E-state index in [0.717, 1.165) is 5.75 Å². The molecule has 3 amide bonds. The number of aliphatic hydroxyl groups excluding tert-OH is 1. The number of carbonyl (C=O) groups excluding carboxylic acids is 4. The highest BCUT2D eigenvalue weighted by Gasteiger charge is 2.33. The van der Waals surface area contributed by atoms with E-state index in [2.05, 4.69) is 20.9 Å². The Bertz CT molecular complexity index is 1000. The summed E-state index contributed by atoms with van der Waals surface area (Å²) in [5.74, 6) is -1.37. The number of nitrogens with one attached hydrogen (secondary N) is 3. The van der Waals surface area contributed by atoms with Crippen LogP contribution in [0.15, 0.2) is 24.7 Å². The number of allylic oxidation sites excluding steroid dienone is 1. The maximum atomic E-state index is 13.4. The van der Waals surface area contributed by atoms with Gasteiger partial charge in [0.15, 0.2) is 0 Å². The van der Waals surface area contributed by atoms with Crippen LogP contribution in [0, 0.1) is 5.92 Å². The summed E-state index contributed by atoms with van der Waals surface area (Å²) in [6.07, 6.45) is 5.01. The molecule has 204 valence electrons. The normalized spacial score (nSPS) is 29.7. The van der Waals surface area contributed by atoms with Crippen molar-refractivity contribution in [1.82, 2.24) is 25.5 Å². The third kappa shape index (κ3) is 9.08. The van der Waals surface area contributed by atoms with Crippen molar-refractivity contribution < 1.29 is 29.0 Å². The van der Waals surface area contributed by atoms with Gasteiger partial charge in [0, 0.05) is 31.2 Å². The van der Waals surface area contributed by atoms with Crippen LogP contribution >= 0.6 is 21.6 Å². The van der Waals surface area contributed by atoms with Gasteiger partial charge in [-0.25, -0.2) is 4.98 Å². The van der Waals surface area contributed by atoms with Gasteiger partial charge in [0.1, 0.15) is 18.2 Å². The maximum Gasteiger partial charge on any atom is 0.309 e. The molecule has 2 bridgehead atoms. The lowest BCUT2D eigenvalue weighted by atomic mass is 9.96. The van der Waals surface area contributed by atoms with E-state index in [4.69, 9.17) is 4.74 Å². The molecule has 1 fully saturated rings. The van der Waals surface area contributed by atoms with E-state index < -0.39 is 54.0 Å². The molecule has 37 heavy (non-hydrogen) atoms. The topological polar surface area (TPSA) is 152 Å². The Balaban J connectivity index is 1.98. The summed E-state index contributed by atoms with van der Waals surface area (Å²) in [7, 11) is 4.80. The highest BCUT2D eigenvalue weighted by atomic mass is 33.1. The number of amides is 3. The standard InChI is InChI=1S/C24H35N5O6S2/c1-14(2)22-19(30)10-21(32)35-16-6-4-5-7-36-37-12-18(24(34)28-22)27-23(33)17(26-20(31)9-16)8-15-11-29(3)13-25-15/h4,6,11,13-14,16-19,22,30H,5,7-10,12H2,1-3H3,(H,26,31)(H,27,33)(H,28,34)/b6-4+/t16-,17-,18+,19+,22-/m1/s1. The van der Waals surface area contributed by atoms with Gasteiger partial charge < -0.3 is 30.4 Å². The van der Waals surface area contributed by atoms with Crippen molar-refractivity contribution in [2.45, 2.75) is 69.9 Å². The Morgan fingerprint density at radius 3 is 2.62 bits per heavy atom. The predicted molar refractivity (Wildman–Crippen MR) is 141 cm³/mol. The van der Waals surface area contributed by atoms with Gasteiger partial charge in [-0.3, -0.25) is 19.2 Å². The lowest BCUT2D eigenvalue weighted by molar-refractivity contribution is -0.151. The second-order valence-electron chi connectivity index (χ2n) is 9.52. The van der Waals surface area contributed by atoms with E-state index in [0.29, 0.717) is 12.1 Å². The molecule has 1 saturated heterocycles. The molecule has 13 heteroatoms. The smallest absolute Gasteiger partial charge is 0.309 e. The number of aliphatic hydroxyl groups is 1. The van der Waals surface area contributed by atoms with Crippen LogP contribution in [0.4, 0.5) is 0 Å². The molecule has 3 rings (SSSR count). The Morgan fingerprint density at radius 2 is 1.92 bits per heavy atom. The first-order chi connectivity index (χ1) is 17.6. The maximum absolute atomic E-state index is 13.4. The van der Waals surface area contributed by atoms with Crippen molar-refractivity contribution >= 4 is 45.3 Å². The molecule has 5 atom stereocenters. The van der Waals surface area contributed by atoms with Crippen molar-refractivity contribution in [3.63, 3.8) is 0 Å². The van der Waals surface area contributed by atoms with E-state index in [1.165, 1.54) is 10.8 Å². The summed E-state index contributed by atoms with van der Waals surface area (Å²) in [6, 6.07) is -2.67. The minimum Gasteiger partial charge on any atom is -0.457 e. The Hall–Kier alpha value is -2.51. The number of fused-ring (bicyclic) bond motifs is 7. The molecule has 4 N–H and O–H groups in total. The van der Waals surface area contributed by atoms with Crippen molar-refractivity contribution in [1.29, 1.82) is 0 Å². The van der Waals surface area contributed by atoms with Crippen LogP contribution in [0.3, 0.4) is 0 Å². The van der Waals surface area contributed by atoms with Crippen molar-refractivity contribution in [2.24, 2.45) is 13.0 Å². The lowest BCUT2D eigenvalue weighted by Gasteiger charge is -2.29. The number of nitrogens with zero attached hydrogens (tertiary/aromatic N) is 2. The largest absolute Gasteiger partial charge is 0.457 e. The van der Waals surface area contributed by atoms with E-state index in [9.17, 15) is 24.3 Å². The van der Waals surface area contributed by atoms with Crippen LogP contribution < -0.4 is 16.0 Å².